The zero-order chi connectivity index (χ0) is 6.53. The summed E-state index contributed by atoms with van der Waals surface area (Å²) in [6, 6.07) is 10.4. The van der Waals surface area contributed by atoms with Crippen molar-refractivity contribution in [2.24, 2.45) is 0 Å². The Bertz CT molecular complexity index is 189. The van der Waals surface area contributed by atoms with Gasteiger partial charge in [0.15, 0.2) is 0 Å². The predicted octanol–water partition coefficient (Wildman–Crippen LogP) is 1.83. The molecule has 0 aliphatic carbocycles. The molecule has 0 saturated carbocycles. The van der Waals surface area contributed by atoms with Gasteiger partial charge in [-0.3, -0.25) is 0 Å². The molecule has 0 nitrogen and oxygen atoms in total. The molecule has 1 aromatic rings. The molecule has 0 aromatic heterocycles. The number of benzene rings is 1. The molecule has 9 heavy (non-hydrogen) atoms. The zero-order valence-corrected chi connectivity index (χ0v) is 8.66. The SMILES string of the molecule is [K]/[CH]=C/c1ccccc1. The zero-order valence-electron chi connectivity index (χ0n) is 5.54. The van der Waals surface area contributed by atoms with Crippen molar-refractivity contribution < 1.29 is 0 Å². The van der Waals surface area contributed by atoms with Crippen LogP contribution in [0.15, 0.2) is 30.5 Å². The van der Waals surface area contributed by atoms with Gasteiger partial charge in [-0.05, 0) is 0 Å². The first-order chi connectivity index (χ1) is 4.43. The molecule has 0 unspecified atom stereocenters. The van der Waals surface area contributed by atoms with Crippen LogP contribution in [0.3, 0.4) is 0 Å². The van der Waals surface area contributed by atoms with Gasteiger partial charge in [0.25, 0.3) is 0 Å². The van der Waals surface area contributed by atoms with Gasteiger partial charge in [-0.2, -0.15) is 0 Å². The maximum atomic E-state index is 2.22. The monoisotopic (exact) mass is 142 g/mol. The van der Waals surface area contributed by atoms with E-state index < -0.39 is 0 Å². The fourth-order valence-corrected chi connectivity index (χ4v) is 1.36. The first-order valence-corrected chi connectivity index (χ1v) is 4.91. The molecule has 0 heterocycles. The Kier molecular flexibility index (Phi) is 3.78. The molecule has 0 amide bonds. The topological polar surface area (TPSA) is 0 Å². The summed E-state index contributed by atoms with van der Waals surface area (Å²) in [6.45, 7) is 0. The third kappa shape index (κ3) is 2.78. The van der Waals surface area contributed by atoms with Gasteiger partial charge in [0.05, 0.1) is 0 Å². The molecule has 0 aliphatic heterocycles. The summed E-state index contributed by atoms with van der Waals surface area (Å²) in [5, 5.41) is 0. The molecule has 0 radical (unpaired) electrons. The van der Waals surface area contributed by atoms with E-state index in [4.69, 9.17) is 0 Å². The molecule has 1 aromatic carbocycles. The summed E-state index contributed by atoms with van der Waals surface area (Å²) in [4.78, 5) is 0. The van der Waals surface area contributed by atoms with Crippen molar-refractivity contribution in [3.05, 3.63) is 36.1 Å². The summed E-state index contributed by atoms with van der Waals surface area (Å²) >= 11 is 0.836. The van der Waals surface area contributed by atoms with Crippen molar-refractivity contribution in [1.82, 2.24) is 0 Å². The van der Waals surface area contributed by atoms with Crippen LogP contribution in [0, 0.1) is 0 Å². The van der Waals surface area contributed by atoms with E-state index in [0.29, 0.717) is 0 Å². The van der Waals surface area contributed by atoms with Gasteiger partial charge in [-0.1, -0.05) is 0 Å². The van der Waals surface area contributed by atoms with Crippen molar-refractivity contribution in [1.29, 1.82) is 0 Å². The molecule has 1 heteroatoms. The van der Waals surface area contributed by atoms with Crippen LogP contribution in [-0.4, -0.2) is 49.0 Å². The van der Waals surface area contributed by atoms with Crippen molar-refractivity contribution in [2.75, 3.05) is 0 Å². The van der Waals surface area contributed by atoms with Crippen LogP contribution in [0.5, 0.6) is 0 Å². The van der Waals surface area contributed by atoms with Crippen LogP contribution < -0.4 is 0 Å². The predicted molar refractivity (Wildman–Crippen MR) is 41.2 cm³/mol. The van der Waals surface area contributed by atoms with Gasteiger partial charge < -0.3 is 0 Å². The number of rotatable bonds is 1. The Labute approximate surface area is 89.6 Å². The standard InChI is InChI=1S/C8H7.K/c1-2-8-6-4-3-5-7-8;/h1-7H;. The average molecular weight is 142 g/mol. The van der Waals surface area contributed by atoms with Crippen molar-refractivity contribution in [3.63, 3.8) is 0 Å². The fraction of sp³-hybridized carbons (Fsp3) is 0. The molecule has 0 saturated heterocycles. The summed E-state index contributed by atoms with van der Waals surface area (Å²) in [6.07, 6.45) is 2.17. The first-order valence-electron chi connectivity index (χ1n) is 3.11. The first kappa shape index (κ1) is 7.70. The molecule has 0 N–H and O–H groups in total. The van der Waals surface area contributed by atoms with E-state index >= 15 is 0 Å². The van der Waals surface area contributed by atoms with Crippen molar-refractivity contribution in [2.45, 2.75) is 0 Å². The van der Waals surface area contributed by atoms with Crippen molar-refractivity contribution >= 4 is 55.0 Å². The Morgan fingerprint density at radius 3 is 2.33 bits per heavy atom. The van der Waals surface area contributed by atoms with E-state index in [1.54, 1.807) is 0 Å². The normalized spacial score (nSPS) is 10.4. The van der Waals surface area contributed by atoms with E-state index in [1.807, 2.05) is 6.07 Å². The van der Waals surface area contributed by atoms with Crippen LogP contribution in [0.2, 0.25) is 0 Å². The van der Waals surface area contributed by atoms with Crippen LogP contribution in [-0.2, 0) is 0 Å². The van der Waals surface area contributed by atoms with Crippen molar-refractivity contribution in [3.8, 4) is 0 Å². The molecule has 1 rings (SSSR count). The van der Waals surface area contributed by atoms with E-state index in [0.717, 1.165) is 49.0 Å². The van der Waals surface area contributed by atoms with Crippen LogP contribution >= 0.6 is 0 Å². The molecular formula is C8H7K. The van der Waals surface area contributed by atoms with Gasteiger partial charge in [-0.15, -0.1) is 0 Å². The summed E-state index contributed by atoms with van der Waals surface area (Å²) < 4.78 is 2.22. The van der Waals surface area contributed by atoms with Gasteiger partial charge in [0, 0.05) is 0 Å². The van der Waals surface area contributed by atoms with Gasteiger partial charge in [0.1, 0.15) is 0 Å². The van der Waals surface area contributed by atoms with Crippen LogP contribution in [0.1, 0.15) is 5.56 Å². The molecule has 0 spiro atoms. The van der Waals surface area contributed by atoms with Gasteiger partial charge >= 0.3 is 91.1 Å². The van der Waals surface area contributed by atoms with Crippen LogP contribution in [0.25, 0.3) is 6.08 Å². The Morgan fingerprint density at radius 1 is 1.11 bits per heavy atom. The molecule has 0 aliphatic rings. The Morgan fingerprint density at radius 2 is 1.78 bits per heavy atom. The average Bonchev–Trinajstić information content (AvgIpc) is 1.91. The Hall–Kier alpha value is 0.596. The fourth-order valence-electron chi connectivity index (χ4n) is 0.757. The van der Waals surface area contributed by atoms with E-state index in [9.17, 15) is 0 Å². The molecule has 40 valence electrons. The summed E-state index contributed by atoms with van der Waals surface area (Å²) in [5.74, 6) is 0. The summed E-state index contributed by atoms with van der Waals surface area (Å²) in [7, 11) is 0. The van der Waals surface area contributed by atoms with Gasteiger partial charge in [0.2, 0.25) is 0 Å². The molecule has 0 fully saturated rings. The minimum atomic E-state index is 0.836. The second kappa shape index (κ2) is 4.42. The molecule has 0 bridgehead atoms. The third-order valence-corrected chi connectivity index (χ3v) is 1.68. The quantitative estimate of drug-likeness (QED) is 0.525. The van der Waals surface area contributed by atoms with Gasteiger partial charge in [-0.25, -0.2) is 0 Å². The second-order valence-corrected chi connectivity index (χ2v) is 2.95. The van der Waals surface area contributed by atoms with E-state index in [-0.39, 0.29) is 0 Å². The van der Waals surface area contributed by atoms with E-state index in [2.05, 4.69) is 30.5 Å². The molecule has 0 atom stereocenters. The maximum absolute atomic E-state index is 2.22. The number of hydrogen-bond donors (Lipinski definition) is 0. The molecular weight excluding hydrogens is 135 g/mol. The summed E-state index contributed by atoms with van der Waals surface area (Å²) in [5.41, 5.74) is 1.31. The van der Waals surface area contributed by atoms with E-state index in [1.165, 1.54) is 5.56 Å². The number of hydrogen-bond acceptors (Lipinski definition) is 0. The Balaban J connectivity index is 2.85. The minimum absolute atomic E-state index is 0.836. The second-order valence-electron chi connectivity index (χ2n) is 1.91. The van der Waals surface area contributed by atoms with Crippen LogP contribution in [0.4, 0.5) is 0 Å². The third-order valence-electron chi connectivity index (χ3n) is 1.16.